The van der Waals surface area contributed by atoms with Gasteiger partial charge in [-0.1, -0.05) is 0 Å². The molecule has 1 saturated heterocycles. The van der Waals surface area contributed by atoms with Gasteiger partial charge in [0.05, 0.1) is 11.4 Å². The Bertz CT molecular complexity index is 687. The van der Waals surface area contributed by atoms with Gasteiger partial charge in [0.2, 0.25) is 0 Å². The standard InChI is InChI=1S/C19H28N4O3/c1-13-16(8-7-15(20-13)17(24)21-14-5-6-14)22-9-11-23(12-10-22)18(25)26-19(2,3)4/h7-8,14H,5-6,9-12H2,1-4H3,(H,21,24). The average molecular weight is 360 g/mol. The first-order chi connectivity index (χ1) is 12.2. The van der Waals surface area contributed by atoms with Crippen molar-refractivity contribution in [1.82, 2.24) is 15.2 Å². The average Bonchev–Trinajstić information content (AvgIpc) is 3.37. The van der Waals surface area contributed by atoms with Crippen molar-refractivity contribution in [1.29, 1.82) is 0 Å². The van der Waals surface area contributed by atoms with Gasteiger partial charge in [0.1, 0.15) is 11.3 Å². The molecule has 0 unspecified atom stereocenters. The predicted octanol–water partition coefficient (Wildman–Crippen LogP) is 2.34. The summed E-state index contributed by atoms with van der Waals surface area (Å²) in [7, 11) is 0. The van der Waals surface area contributed by atoms with Crippen LogP contribution in [0.25, 0.3) is 0 Å². The van der Waals surface area contributed by atoms with E-state index in [0.29, 0.717) is 24.8 Å². The first-order valence-electron chi connectivity index (χ1n) is 9.24. The third kappa shape index (κ3) is 4.65. The van der Waals surface area contributed by atoms with Gasteiger partial charge in [-0.15, -0.1) is 0 Å². The zero-order valence-corrected chi connectivity index (χ0v) is 16.0. The Morgan fingerprint density at radius 2 is 1.81 bits per heavy atom. The van der Waals surface area contributed by atoms with E-state index in [1.165, 1.54) is 0 Å². The van der Waals surface area contributed by atoms with Gasteiger partial charge < -0.3 is 19.9 Å². The molecule has 0 bridgehead atoms. The molecule has 7 heteroatoms. The minimum Gasteiger partial charge on any atom is -0.444 e. The molecule has 0 radical (unpaired) electrons. The van der Waals surface area contributed by atoms with E-state index in [-0.39, 0.29) is 12.0 Å². The van der Waals surface area contributed by atoms with Crippen molar-refractivity contribution >= 4 is 17.7 Å². The second kappa shape index (κ2) is 7.13. The molecule has 2 fully saturated rings. The quantitative estimate of drug-likeness (QED) is 0.895. The van der Waals surface area contributed by atoms with E-state index in [1.807, 2.05) is 33.8 Å². The van der Waals surface area contributed by atoms with Crippen molar-refractivity contribution in [3.05, 3.63) is 23.5 Å². The van der Waals surface area contributed by atoms with Crippen LogP contribution in [0.2, 0.25) is 0 Å². The van der Waals surface area contributed by atoms with Crippen molar-refractivity contribution in [3.63, 3.8) is 0 Å². The number of pyridine rings is 1. The lowest BCUT2D eigenvalue weighted by Crippen LogP contribution is -2.50. The van der Waals surface area contributed by atoms with E-state index in [1.54, 1.807) is 11.0 Å². The Kier molecular flexibility index (Phi) is 5.07. The van der Waals surface area contributed by atoms with Crippen molar-refractivity contribution in [2.24, 2.45) is 0 Å². The maximum Gasteiger partial charge on any atom is 0.410 e. The van der Waals surface area contributed by atoms with E-state index in [0.717, 1.165) is 37.3 Å². The van der Waals surface area contributed by atoms with Crippen molar-refractivity contribution in [2.45, 2.75) is 52.2 Å². The van der Waals surface area contributed by atoms with E-state index in [4.69, 9.17) is 4.74 Å². The van der Waals surface area contributed by atoms with Crippen LogP contribution in [-0.2, 0) is 4.74 Å². The monoisotopic (exact) mass is 360 g/mol. The fraction of sp³-hybridized carbons (Fsp3) is 0.632. The number of aromatic nitrogens is 1. The van der Waals surface area contributed by atoms with Gasteiger partial charge in [-0.2, -0.15) is 0 Å². The number of piperazine rings is 1. The number of rotatable bonds is 3. The van der Waals surface area contributed by atoms with Gasteiger partial charge in [0.25, 0.3) is 5.91 Å². The fourth-order valence-electron chi connectivity index (χ4n) is 2.96. The normalized spacial score (nSPS) is 17.8. The summed E-state index contributed by atoms with van der Waals surface area (Å²) in [5.41, 5.74) is 1.83. The zero-order chi connectivity index (χ0) is 18.9. The molecule has 142 valence electrons. The highest BCUT2D eigenvalue weighted by Gasteiger charge is 2.27. The number of nitrogens with zero attached hydrogens (tertiary/aromatic N) is 3. The lowest BCUT2D eigenvalue weighted by atomic mass is 10.2. The molecule has 1 aliphatic heterocycles. The Labute approximate surface area is 154 Å². The molecule has 1 aliphatic carbocycles. The molecule has 3 rings (SSSR count). The molecule has 0 spiro atoms. The molecule has 2 heterocycles. The molecule has 0 atom stereocenters. The molecule has 2 amide bonds. The van der Waals surface area contributed by atoms with Crippen molar-refractivity contribution in [2.75, 3.05) is 31.1 Å². The number of ether oxygens (including phenoxy) is 1. The first-order valence-corrected chi connectivity index (χ1v) is 9.24. The van der Waals surface area contributed by atoms with Crippen LogP contribution in [0.15, 0.2) is 12.1 Å². The summed E-state index contributed by atoms with van der Waals surface area (Å²) in [6.07, 6.45) is 1.86. The van der Waals surface area contributed by atoms with Crippen LogP contribution in [0.1, 0.15) is 49.8 Å². The molecule has 1 N–H and O–H groups in total. The summed E-state index contributed by atoms with van der Waals surface area (Å²) >= 11 is 0. The molecule has 26 heavy (non-hydrogen) atoms. The highest BCUT2D eigenvalue weighted by Crippen LogP contribution is 2.23. The van der Waals surface area contributed by atoms with Crippen molar-refractivity contribution in [3.8, 4) is 0 Å². The summed E-state index contributed by atoms with van der Waals surface area (Å²) < 4.78 is 5.43. The van der Waals surface area contributed by atoms with E-state index >= 15 is 0 Å². The van der Waals surface area contributed by atoms with Gasteiger partial charge in [0.15, 0.2) is 0 Å². The molecule has 1 aromatic heterocycles. The summed E-state index contributed by atoms with van der Waals surface area (Å²) in [5, 5.41) is 2.96. The van der Waals surface area contributed by atoms with Crippen molar-refractivity contribution < 1.29 is 14.3 Å². The number of carbonyl (C=O) groups excluding carboxylic acids is 2. The van der Waals surface area contributed by atoms with Crippen LogP contribution in [0, 0.1) is 6.92 Å². The molecule has 2 aliphatic rings. The smallest absolute Gasteiger partial charge is 0.410 e. The van der Waals surface area contributed by atoms with Crippen LogP contribution < -0.4 is 10.2 Å². The third-order valence-electron chi connectivity index (χ3n) is 4.48. The van der Waals surface area contributed by atoms with Gasteiger partial charge >= 0.3 is 6.09 Å². The molecule has 1 aromatic rings. The van der Waals surface area contributed by atoms with Gasteiger partial charge in [-0.05, 0) is 52.7 Å². The zero-order valence-electron chi connectivity index (χ0n) is 16.0. The Hall–Kier alpha value is -2.31. The number of aryl methyl sites for hydroxylation is 1. The van der Waals surface area contributed by atoms with Gasteiger partial charge in [-0.25, -0.2) is 9.78 Å². The molecular formula is C19H28N4O3. The third-order valence-corrected chi connectivity index (χ3v) is 4.48. The highest BCUT2D eigenvalue weighted by atomic mass is 16.6. The summed E-state index contributed by atoms with van der Waals surface area (Å²) in [6.45, 7) is 10.2. The van der Waals surface area contributed by atoms with E-state index in [2.05, 4.69) is 15.2 Å². The second-order valence-electron chi connectivity index (χ2n) is 8.00. The summed E-state index contributed by atoms with van der Waals surface area (Å²) in [6, 6.07) is 4.05. The number of hydrogen-bond donors (Lipinski definition) is 1. The van der Waals surface area contributed by atoms with E-state index < -0.39 is 5.60 Å². The number of carbonyl (C=O) groups is 2. The topological polar surface area (TPSA) is 74.8 Å². The Morgan fingerprint density at radius 3 is 2.35 bits per heavy atom. The van der Waals surface area contributed by atoms with Gasteiger partial charge in [0, 0.05) is 32.2 Å². The predicted molar refractivity (Wildman–Crippen MR) is 99.5 cm³/mol. The molecular weight excluding hydrogens is 332 g/mol. The number of hydrogen-bond acceptors (Lipinski definition) is 5. The lowest BCUT2D eigenvalue weighted by molar-refractivity contribution is 0.0240. The maximum atomic E-state index is 12.2. The SMILES string of the molecule is Cc1nc(C(=O)NC2CC2)ccc1N1CCN(C(=O)OC(C)(C)C)CC1. The van der Waals surface area contributed by atoms with E-state index in [9.17, 15) is 9.59 Å². The van der Waals surface area contributed by atoms with Crippen LogP contribution in [0.5, 0.6) is 0 Å². The Morgan fingerprint density at radius 1 is 1.15 bits per heavy atom. The number of amides is 2. The summed E-state index contributed by atoms with van der Waals surface area (Å²) in [4.78, 5) is 32.7. The molecule has 0 aromatic carbocycles. The van der Waals surface area contributed by atoms with Crippen LogP contribution in [0.3, 0.4) is 0 Å². The largest absolute Gasteiger partial charge is 0.444 e. The fourth-order valence-corrected chi connectivity index (χ4v) is 2.96. The second-order valence-corrected chi connectivity index (χ2v) is 8.00. The van der Waals surface area contributed by atoms with Gasteiger partial charge in [-0.3, -0.25) is 4.79 Å². The minimum atomic E-state index is -0.481. The maximum absolute atomic E-state index is 12.2. The van der Waals surface area contributed by atoms with Crippen LogP contribution in [0.4, 0.5) is 10.5 Å². The first kappa shape index (κ1) is 18.5. The molecule has 1 saturated carbocycles. The van der Waals surface area contributed by atoms with Crippen LogP contribution >= 0.6 is 0 Å². The number of anilines is 1. The Balaban J connectivity index is 1.58. The highest BCUT2D eigenvalue weighted by molar-refractivity contribution is 5.93. The summed E-state index contributed by atoms with van der Waals surface area (Å²) in [5.74, 6) is -0.100. The minimum absolute atomic E-state index is 0.100. The van der Waals surface area contributed by atoms with Crippen LogP contribution in [-0.4, -0.2) is 59.7 Å². The number of nitrogens with one attached hydrogen (secondary N) is 1. The lowest BCUT2D eigenvalue weighted by Gasteiger charge is -2.37. The molecule has 7 nitrogen and oxygen atoms in total.